The molecular formula is C18H27ClN2O3. The van der Waals surface area contributed by atoms with Crippen LogP contribution in [0.3, 0.4) is 0 Å². The van der Waals surface area contributed by atoms with Crippen LogP contribution < -0.4 is 15.8 Å². The van der Waals surface area contributed by atoms with Crippen molar-refractivity contribution in [1.29, 1.82) is 0 Å². The maximum Gasteiger partial charge on any atom is 0.339 e. The third-order valence-corrected chi connectivity index (χ3v) is 5.20. The number of aromatic carboxylic acids is 1. The number of nitrogens with two attached hydrogens (primary N) is 1. The van der Waals surface area contributed by atoms with Gasteiger partial charge in [-0.05, 0) is 50.3 Å². The van der Waals surface area contributed by atoms with Crippen LogP contribution in [0.15, 0.2) is 6.07 Å². The van der Waals surface area contributed by atoms with E-state index in [-0.39, 0.29) is 16.5 Å². The molecule has 1 aromatic rings. The summed E-state index contributed by atoms with van der Waals surface area (Å²) in [5.74, 6) is -0.145. The molecule has 1 heterocycles. The zero-order valence-electron chi connectivity index (χ0n) is 14.4. The molecule has 0 amide bonds. The minimum absolute atomic E-state index is 0.0805. The average molecular weight is 355 g/mol. The van der Waals surface area contributed by atoms with Crippen LogP contribution in [0, 0.1) is 5.92 Å². The highest BCUT2D eigenvalue weighted by molar-refractivity contribution is 6.33. The van der Waals surface area contributed by atoms with E-state index in [2.05, 4.69) is 12.2 Å². The quantitative estimate of drug-likeness (QED) is 0.646. The fourth-order valence-electron chi connectivity index (χ4n) is 3.67. The molecular weight excluding hydrogens is 328 g/mol. The lowest BCUT2D eigenvalue weighted by atomic mass is 9.77. The summed E-state index contributed by atoms with van der Waals surface area (Å²) < 4.78 is 5.49. The number of hydrogen-bond acceptors (Lipinski definition) is 4. The predicted octanol–water partition coefficient (Wildman–Crippen LogP) is 3.90. The van der Waals surface area contributed by atoms with E-state index in [1.54, 1.807) is 0 Å². The van der Waals surface area contributed by atoms with Crippen LogP contribution in [0.5, 0.6) is 5.75 Å². The summed E-state index contributed by atoms with van der Waals surface area (Å²) in [6.07, 6.45) is 5.29. The Bertz CT molecular complexity index is 586. The van der Waals surface area contributed by atoms with Gasteiger partial charge < -0.3 is 20.9 Å². The number of ether oxygens (including phenoxy) is 1. The van der Waals surface area contributed by atoms with Crippen molar-refractivity contribution in [1.82, 2.24) is 5.32 Å². The molecule has 2 unspecified atom stereocenters. The first-order chi connectivity index (χ1) is 11.5. The van der Waals surface area contributed by atoms with Crippen molar-refractivity contribution in [3.8, 4) is 5.75 Å². The molecule has 0 spiro atoms. The molecule has 24 heavy (non-hydrogen) atoms. The molecule has 1 fully saturated rings. The highest BCUT2D eigenvalue weighted by Crippen LogP contribution is 2.45. The molecule has 5 nitrogen and oxygen atoms in total. The summed E-state index contributed by atoms with van der Waals surface area (Å²) in [6, 6.07) is 1.39. The number of piperidine rings is 1. The highest BCUT2D eigenvalue weighted by Gasteiger charge is 2.32. The Kier molecular flexibility index (Phi) is 6.75. The molecule has 0 aliphatic carbocycles. The maximum atomic E-state index is 11.6. The Morgan fingerprint density at radius 3 is 2.88 bits per heavy atom. The summed E-state index contributed by atoms with van der Waals surface area (Å²) >= 11 is 6.25. The lowest BCUT2D eigenvalue weighted by Gasteiger charge is -2.33. The molecule has 2 atom stereocenters. The second-order valence-electron chi connectivity index (χ2n) is 6.43. The number of carbonyl (C=O) groups is 1. The molecule has 6 heteroatoms. The van der Waals surface area contributed by atoms with Crippen LogP contribution in [-0.4, -0.2) is 31.3 Å². The molecule has 0 aromatic heterocycles. The topological polar surface area (TPSA) is 84.6 Å². The van der Waals surface area contributed by atoms with Crippen molar-refractivity contribution in [3.05, 3.63) is 22.2 Å². The number of carboxylic acid groups (broad SMARTS) is 1. The molecule has 1 aliphatic rings. The molecule has 2 rings (SSSR count). The summed E-state index contributed by atoms with van der Waals surface area (Å²) in [4.78, 5) is 11.6. The smallest absolute Gasteiger partial charge is 0.339 e. The number of halogens is 1. The van der Waals surface area contributed by atoms with Gasteiger partial charge in [0, 0.05) is 5.56 Å². The molecule has 134 valence electrons. The number of rotatable bonds is 7. The minimum Gasteiger partial charge on any atom is -0.495 e. The first kappa shape index (κ1) is 18.9. The van der Waals surface area contributed by atoms with Crippen molar-refractivity contribution in [2.24, 2.45) is 5.92 Å². The van der Waals surface area contributed by atoms with Crippen molar-refractivity contribution >= 4 is 23.3 Å². The van der Waals surface area contributed by atoms with Gasteiger partial charge in [0.1, 0.15) is 11.3 Å². The van der Waals surface area contributed by atoms with Crippen molar-refractivity contribution < 1.29 is 14.6 Å². The molecule has 1 aromatic carbocycles. The predicted molar refractivity (Wildman–Crippen MR) is 97.2 cm³/mol. The fraction of sp³-hybridized carbons (Fsp3) is 0.611. The van der Waals surface area contributed by atoms with E-state index in [0.29, 0.717) is 17.4 Å². The van der Waals surface area contributed by atoms with E-state index in [0.717, 1.165) is 50.8 Å². The summed E-state index contributed by atoms with van der Waals surface area (Å²) in [7, 11) is 1.49. The zero-order valence-corrected chi connectivity index (χ0v) is 15.2. The lowest BCUT2D eigenvalue weighted by molar-refractivity contribution is 0.0693. The van der Waals surface area contributed by atoms with Gasteiger partial charge >= 0.3 is 5.97 Å². The first-order valence-corrected chi connectivity index (χ1v) is 8.98. The number of benzene rings is 1. The lowest BCUT2D eigenvalue weighted by Crippen LogP contribution is -2.34. The van der Waals surface area contributed by atoms with Gasteiger partial charge in [-0.2, -0.15) is 0 Å². The molecule has 1 aliphatic heterocycles. The molecule has 0 saturated carbocycles. The van der Waals surface area contributed by atoms with Gasteiger partial charge in [0.25, 0.3) is 0 Å². The van der Waals surface area contributed by atoms with E-state index in [1.165, 1.54) is 13.2 Å². The van der Waals surface area contributed by atoms with Gasteiger partial charge in [-0.25, -0.2) is 4.79 Å². The van der Waals surface area contributed by atoms with E-state index in [4.69, 9.17) is 22.1 Å². The Labute approximate surface area is 148 Å². The number of methoxy groups -OCH3 is 1. The number of carboxylic acids is 1. The van der Waals surface area contributed by atoms with E-state index >= 15 is 0 Å². The van der Waals surface area contributed by atoms with Crippen molar-refractivity contribution in [3.63, 3.8) is 0 Å². The van der Waals surface area contributed by atoms with E-state index < -0.39 is 5.97 Å². The third-order valence-electron chi connectivity index (χ3n) is 4.89. The average Bonchev–Trinajstić information content (AvgIpc) is 2.59. The second-order valence-corrected chi connectivity index (χ2v) is 6.83. The summed E-state index contributed by atoms with van der Waals surface area (Å²) in [5, 5.41) is 13.2. The molecule has 0 bridgehead atoms. The number of nitrogens with one attached hydrogen (secondary N) is 1. The van der Waals surface area contributed by atoms with E-state index in [9.17, 15) is 9.90 Å². The number of nitrogen functional groups attached to an aromatic ring is 1. The minimum atomic E-state index is -1.05. The fourth-order valence-corrected chi connectivity index (χ4v) is 3.89. The van der Waals surface area contributed by atoms with Gasteiger partial charge in [-0.3, -0.25) is 0 Å². The SMILES string of the molecule is CCCCC(c1c(N)c(Cl)cc(C(=O)O)c1OC)C1CCCNC1. The van der Waals surface area contributed by atoms with Crippen molar-refractivity contribution in [2.45, 2.75) is 44.9 Å². The first-order valence-electron chi connectivity index (χ1n) is 8.61. The molecule has 0 radical (unpaired) electrons. The van der Waals surface area contributed by atoms with Gasteiger partial charge in [0.05, 0.1) is 17.8 Å². The maximum absolute atomic E-state index is 11.6. The van der Waals surface area contributed by atoms with Crippen molar-refractivity contribution in [2.75, 3.05) is 25.9 Å². The standard InChI is InChI=1S/C18H27ClN2O3/c1-3-4-7-12(11-6-5-8-21-10-11)15-16(20)14(19)9-13(18(22)23)17(15)24-2/h9,11-12,21H,3-8,10,20H2,1-2H3,(H,22,23). The van der Waals surface area contributed by atoms with Gasteiger partial charge in [0.15, 0.2) is 0 Å². The Hall–Kier alpha value is -1.46. The zero-order chi connectivity index (χ0) is 17.7. The third kappa shape index (κ3) is 3.95. The Morgan fingerprint density at radius 1 is 1.58 bits per heavy atom. The summed E-state index contributed by atoms with van der Waals surface area (Å²) in [6.45, 7) is 4.09. The van der Waals surface area contributed by atoms with Gasteiger partial charge in [-0.1, -0.05) is 31.4 Å². The monoisotopic (exact) mass is 354 g/mol. The molecule has 1 saturated heterocycles. The van der Waals surface area contributed by atoms with Crippen LogP contribution in [0.2, 0.25) is 5.02 Å². The van der Waals surface area contributed by atoms with Gasteiger partial charge in [0.2, 0.25) is 0 Å². The molecule has 4 N–H and O–H groups in total. The largest absolute Gasteiger partial charge is 0.495 e. The number of unbranched alkanes of at least 4 members (excludes halogenated alkanes) is 1. The number of anilines is 1. The van der Waals surface area contributed by atoms with Crippen LogP contribution in [-0.2, 0) is 0 Å². The van der Waals surface area contributed by atoms with Gasteiger partial charge in [-0.15, -0.1) is 0 Å². The Morgan fingerprint density at radius 2 is 2.33 bits per heavy atom. The van der Waals surface area contributed by atoms with Crippen LogP contribution >= 0.6 is 11.6 Å². The van der Waals surface area contributed by atoms with Crippen LogP contribution in [0.4, 0.5) is 5.69 Å². The summed E-state index contributed by atoms with van der Waals surface area (Å²) in [5.41, 5.74) is 7.58. The normalized spacial score (nSPS) is 19.0. The number of hydrogen-bond donors (Lipinski definition) is 3. The highest BCUT2D eigenvalue weighted by atomic mass is 35.5. The van der Waals surface area contributed by atoms with E-state index in [1.807, 2.05) is 0 Å². The van der Waals surface area contributed by atoms with Crippen LogP contribution in [0.1, 0.15) is 60.9 Å². The van der Waals surface area contributed by atoms with Crippen LogP contribution in [0.25, 0.3) is 0 Å². The second kappa shape index (κ2) is 8.58. The Balaban J connectivity index is 2.55.